The average Bonchev–Trinajstić information content (AvgIpc) is 2.91. The van der Waals surface area contributed by atoms with Crippen LogP contribution in [0.15, 0.2) is 12.2 Å². The highest BCUT2D eigenvalue weighted by Gasteiger charge is 2.26. The van der Waals surface area contributed by atoms with Crippen molar-refractivity contribution in [1.82, 2.24) is 5.32 Å². The minimum absolute atomic E-state index is 0.0804. The number of carbonyl (C=O) groups is 1. The van der Waals surface area contributed by atoms with Crippen molar-refractivity contribution in [2.24, 2.45) is 5.73 Å². The van der Waals surface area contributed by atoms with Crippen molar-refractivity contribution < 1.29 is 28.4 Å². The van der Waals surface area contributed by atoms with E-state index in [0.29, 0.717) is 6.42 Å². The summed E-state index contributed by atoms with van der Waals surface area (Å²) >= 11 is 0. The standard InChI is InChI=1S/C30H61N2O6P/c1-3-5-7-9-11-13-14-16-17-19-21-23-29(33)28(27-38-39(35,36)37-26-25-31)32-30(34)24-22-20-18-15-12-10-8-6-4-2/h21,23,28-29,33H,3-20,22,24-27,31H2,1-2H3,(H,32,34)(H,35,36)/b23-21+. The van der Waals surface area contributed by atoms with E-state index in [1.54, 1.807) is 6.08 Å². The SMILES string of the molecule is CCCCCCCCCCC/C=C/C(O)C(COP(=O)(O)OCCN)NC(=O)CCCCCCCCCCC. The number of phosphoric acid groups is 1. The Bertz CT molecular complexity index is 635. The van der Waals surface area contributed by atoms with Gasteiger partial charge in [0.25, 0.3) is 0 Å². The Morgan fingerprint density at radius 1 is 0.821 bits per heavy atom. The molecule has 1 amide bonds. The lowest BCUT2D eigenvalue weighted by Crippen LogP contribution is -2.45. The van der Waals surface area contributed by atoms with Crippen LogP contribution in [0.5, 0.6) is 0 Å². The van der Waals surface area contributed by atoms with Gasteiger partial charge in [-0.2, -0.15) is 0 Å². The second kappa shape index (κ2) is 27.4. The van der Waals surface area contributed by atoms with Crippen molar-refractivity contribution in [3.8, 4) is 0 Å². The summed E-state index contributed by atoms with van der Waals surface area (Å²) in [5.41, 5.74) is 5.32. The number of carbonyl (C=O) groups excluding carboxylic acids is 1. The van der Waals surface area contributed by atoms with Crippen LogP contribution in [0.2, 0.25) is 0 Å². The van der Waals surface area contributed by atoms with Gasteiger partial charge >= 0.3 is 7.82 Å². The number of phosphoric ester groups is 1. The molecule has 0 aliphatic heterocycles. The predicted molar refractivity (Wildman–Crippen MR) is 162 cm³/mol. The van der Waals surface area contributed by atoms with Crippen LogP contribution in [-0.2, 0) is 18.4 Å². The van der Waals surface area contributed by atoms with Gasteiger partial charge in [0.05, 0.1) is 25.4 Å². The summed E-state index contributed by atoms with van der Waals surface area (Å²) in [7, 11) is -4.31. The first kappa shape index (κ1) is 38.2. The van der Waals surface area contributed by atoms with Gasteiger partial charge < -0.3 is 21.1 Å². The third kappa shape index (κ3) is 25.9. The third-order valence-corrected chi connectivity index (χ3v) is 7.85. The smallest absolute Gasteiger partial charge is 0.387 e. The molecule has 0 fully saturated rings. The van der Waals surface area contributed by atoms with Crippen LogP contribution < -0.4 is 11.1 Å². The summed E-state index contributed by atoms with van der Waals surface area (Å²) < 4.78 is 21.9. The highest BCUT2D eigenvalue weighted by Crippen LogP contribution is 2.43. The molecule has 0 heterocycles. The number of allylic oxidation sites excluding steroid dienone is 1. The maximum atomic E-state index is 12.5. The van der Waals surface area contributed by atoms with Crippen LogP contribution in [0.3, 0.4) is 0 Å². The molecule has 0 aliphatic rings. The zero-order valence-corrected chi connectivity index (χ0v) is 26.0. The highest BCUT2D eigenvalue weighted by molar-refractivity contribution is 7.47. The van der Waals surface area contributed by atoms with Crippen molar-refractivity contribution in [2.75, 3.05) is 19.8 Å². The first-order valence-corrected chi connectivity index (χ1v) is 17.3. The van der Waals surface area contributed by atoms with Gasteiger partial charge in [-0.05, 0) is 19.3 Å². The predicted octanol–water partition coefficient (Wildman–Crippen LogP) is 7.32. The molecule has 0 aromatic heterocycles. The second-order valence-electron chi connectivity index (χ2n) is 10.7. The molecule has 8 nitrogen and oxygen atoms in total. The Morgan fingerprint density at radius 3 is 1.82 bits per heavy atom. The first-order valence-electron chi connectivity index (χ1n) is 15.8. The maximum Gasteiger partial charge on any atom is 0.472 e. The molecule has 3 unspecified atom stereocenters. The largest absolute Gasteiger partial charge is 0.472 e. The van der Waals surface area contributed by atoms with Crippen molar-refractivity contribution >= 4 is 13.7 Å². The fourth-order valence-electron chi connectivity index (χ4n) is 4.42. The number of amides is 1. The number of nitrogens with one attached hydrogen (secondary N) is 1. The van der Waals surface area contributed by atoms with Gasteiger partial charge in [0.15, 0.2) is 0 Å². The number of aliphatic hydroxyl groups is 1. The van der Waals surface area contributed by atoms with E-state index in [1.165, 1.54) is 83.5 Å². The van der Waals surface area contributed by atoms with E-state index in [1.807, 2.05) is 6.08 Å². The van der Waals surface area contributed by atoms with Crippen LogP contribution in [0, 0.1) is 0 Å². The number of rotatable bonds is 29. The van der Waals surface area contributed by atoms with Gasteiger partial charge in [-0.1, -0.05) is 129 Å². The quantitative estimate of drug-likeness (QED) is 0.0417. The Balaban J connectivity index is 4.46. The summed E-state index contributed by atoms with van der Waals surface area (Å²) in [6.45, 7) is 4.07. The normalized spacial score (nSPS) is 14.9. The molecule has 0 rings (SSSR count). The van der Waals surface area contributed by atoms with Gasteiger partial charge in [-0.3, -0.25) is 13.8 Å². The summed E-state index contributed by atoms with van der Waals surface area (Å²) in [6, 6.07) is -0.850. The van der Waals surface area contributed by atoms with Crippen LogP contribution in [0.25, 0.3) is 0 Å². The van der Waals surface area contributed by atoms with E-state index in [9.17, 15) is 19.4 Å². The number of nitrogens with two attached hydrogens (primary N) is 1. The molecule has 232 valence electrons. The zero-order valence-electron chi connectivity index (χ0n) is 25.1. The minimum Gasteiger partial charge on any atom is -0.387 e. The molecule has 39 heavy (non-hydrogen) atoms. The van der Waals surface area contributed by atoms with E-state index >= 15 is 0 Å². The van der Waals surface area contributed by atoms with Crippen LogP contribution in [0.4, 0.5) is 0 Å². The Morgan fingerprint density at radius 2 is 1.31 bits per heavy atom. The van der Waals surface area contributed by atoms with Crippen LogP contribution in [-0.4, -0.2) is 47.8 Å². The molecule has 3 atom stereocenters. The molecule has 5 N–H and O–H groups in total. The molecule has 0 spiro atoms. The lowest BCUT2D eigenvalue weighted by atomic mass is 10.1. The Labute approximate surface area is 239 Å². The fraction of sp³-hybridized carbons (Fsp3) is 0.900. The molecule has 0 aliphatic carbocycles. The zero-order chi connectivity index (χ0) is 29.0. The molecule has 0 aromatic rings. The van der Waals surface area contributed by atoms with Gasteiger partial charge in [0.1, 0.15) is 0 Å². The minimum atomic E-state index is -4.31. The van der Waals surface area contributed by atoms with Crippen LogP contribution >= 0.6 is 7.82 Å². The molecule has 0 saturated carbocycles. The molecular weight excluding hydrogens is 515 g/mol. The summed E-state index contributed by atoms with van der Waals surface area (Å²) in [4.78, 5) is 22.4. The second-order valence-corrected chi connectivity index (χ2v) is 12.1. The summed E-state index contributed by atoms with van der Waals surface area (Å²) in [6.07, 6.45) is 25.4. The summed E-state index contributed by atoms with van der Waals surface area (Å²) in [5, 5.41) is 13.5. The van der Waals surface area contributed by atoms with E-state index < -0.39 is 20.0 Å². The van der Waals surface area contributed by atoms with Crippen molar-refractivity contribution in [3.63, 3.8) is 0 Å². The molecule has 0 aromatic carbocycles. The molecule has 9 heteroatoms. The Kier molecular flexibility index (Phi) is 26.9. The number of aliphatic hydroxyl groups excluding tert-OH is 1. The molecule has 0 saturated heterocycles. The van der Waals surface area contributed by atoms with Crippen molar-refractivity contribution in [1.29, 1.82) is 0 Å². The third-order valence-electron chi connectivity index (χ3n) is 6.86. The van der Waals surface area contributed by atoms with E-state index in [4.69, 9.17) is 14.8 Å². The first-order chi connectivity index (χ1) is 18.9. The highest BCUT2D eigenvalue weighted by atomic mass is 31.2. The van der Waals surface area contributed by atoms with Gasteiger partial charge in [0, 0.05) is 13.0 Å². The van der Waals surface area contributed by atoms with Crippen LogP contribution in [0.1, 0.15) is 142 Å². The summed E-state index contributed by atoms with van der Waals surface area (Å²) in [5.74, 6) is -0.200. The van der Waals surface area contributed by atoms with Crippen molar-refractivity contribution in [3.05, 3.63) is 12.2 Å². The number of unbranched alkanes of at least 4 members (excludes halogenated alkanes) is 17. The molecule has 0 bridgehead atoms. The van der Waals surface area contributed by atoms with E-state index in [2.05, 4.69) is 19.2 Å². The lowest BCUT2D eigenvalue weighted by molar-refractivity contribution is -0.123. The number of hydrogen-bond donors (Lipinski definition) is 4. The van der Waals surface area contributed by atoms with Gasteiger partial charge in [-0.15, -0.1) is 0 Å². The fourth-order valence-corrected chi connectivity index (χ4v) is 5.18. The van der Waals surface area contributed by atoms with Crippen molar-refractivity contribution in [2.45, 2.75) is 154 Å². The maximum absolute atomic E-state index is 12.5. The van der Waals surface area contributed by atoms with Gasteiger partial charge in [-0.25, -0.2) is 4.57 Å². The average molecular weight is 577 g/mol. The number of hydrogen-bond acceptors (Lipinski definition) is 6. The Hall–Kier alpha value is -0.760. The molecular formula is C30H61N2O6P. The van der Waals surface area contributed by atoms with Gasteiger partial charge in [0.2, 0.25) is 5.91 Å². The van der Waals surface area contributed by atoms with E-state index in [-0.39, 0.29) is 25.7 Å². The topological polar surface area (TPSA) is 131 Å². The lowest BCUT2D eigenvalue weighted by Gasteiger charge is -2.23. The monoisotopic (exact) mass is 576 g/mol. The molecule has 0 radical (unpaired) electrons. The van der Waals surface area contributed by atoms with E-state index in [0.717, 1.165) is 38.5 Å².